The summed E-state index contributed by atoms with van der Waals surface area (Å²) in [6, 6.07) is 11.3. The van der Waals surface area contributed by atoms with Crippen LogP contribution in [-0.4, -0.2) is 34.6 Å². The van der Waals surface area contributed by atoms with E-state index in [-0.39, 0.29) is 6.01 Å². The van der Waals surface area contributed by atoms with Gasteiger partial charge in [-0.25, -0.2) is 0 Å². The van der Waals surface area contributed by atoms with Crippen LogP contribution in [0.4, 0.5) is 11.5 Å². The van der Waals surface area contributed by atoms with E-state index >= 15 is 0 Å². The fourth-order valence-electron chi connectivity index (χ4n) is 4.45. The lowest BCUT2D eigenvalue weighted by Crippen LogP contribution is -2.30. The Morgan fingerprint density at radius 1 is 1.19 bits per heavy atom. The molecular formula is C25H32N6O. The van der Waals surface area contributed by atoms with Gasteiger partial charge in [-0.05, 0) is 50.2 Å². The van der Waals surface area contributed by atoms with Gasteiger partial charge in [0.2, 0.25) is 0 Å². The van der Waals surface area contributed by atoms with Crippen molar-refractivity contribution >= 4 is 22.5 Å². The van der Waals surface area contributed by atoms with Crippen LogP contribution >= 0.6 is 0 Å². The summed E-state index contributed by atoms with van der Waals surface area (Å²) in [7, 11) is 0. The summed E-state index contributed by atoms with van der Waals surface area (Å²) in [4.78, 5) is 14.4. The van der Waals surface area contributed by atoms with Gasteiger partial charge in [-0.2, -0.15) is 15.2 Å². The maximum atomic E-state index is 9.61. The third-order valence-corrected chi connectivity index (χ3v) is 6.16. The first-order chi connectivity index (χ1) is 15.7. The van der Waals surface area contributed by atoms with Crippen LogP contribution in [0.5, 0.6) is 6.01 Å². The smallest absolute Gasteiger partial charge is 0.319 e. The van der Waals surface area contributed by atoms with Gasteiger partial charge in [-0.3, -0.25) is 0 Å². The summed E-state index contributed by atoms with van der Waals surface area (Å²) >= 11 is 0. The number of nitriles is 1. The monoisotopic (exact) mass is 432 g/mol. The van der Waals surface area contributed by atoms with E-state index in [9.17, 15) is 5.26 Å². The number of fused-ring (bicyclic) bond motifs is 2. The maximum absolute atomic E-state index is 9.61. The van der Waals surface area contributed by atoms with E-state index in [1.165, 1.54) is 24.1 Å². The van der Waals surface area contributed by atoms with E-state index in [0.29, 0.717) is 29.2 Å². The minimum Gasteiger partial charge on any atom is -0.463 e. The number of para-hydroxylation sites is 1. The van der Waals surface area contributed by atoms with Crippen molar-refractivity contribution < 1.29 is 4.74 Å². The fourth-order valence-corrected chi connectivity index (χ4v) is 4.45. The fraction of sp³-hybridized carbons (Fsp3) is 0.480. The molecule has 0 fully saturated rings. The van der Waals surface area contributed by atoms with Crippen molar-refractivity contribution in [3.05, 3.63) is 41.1 Å². The number of unbranched alkanes of at least 4 members (excludes halogenated alkanes) is 3. The molecule has 32 heavy (non-hydrogen) atoms. The number of anilines is 2. The lowest BCUT2D eigenvalue weighted by Gasteiger charge is -2.31. The predicted octanol–water partition coefficient (Wildman–Crippen LogP) is 4.76. The molecule has 0 saturated heterocycles. The molecule has 2 aromatic heterocycles. The lowest BCUT2D eigenvalue weighted by atomic mass is 10.0. The van der Waals surface area contributed by atoms with Crippen LogP contribution in [0.1, 0.15) is 62.3 Å². The minimum atomic E-state index is 0.289. The lowest BCUT2D eigenvalue weighted by molar-refractivity contribution is 0.287. The van der Waals surface area contributed by atoms with Crippen LogP contribution in [0.3, 0.4) is 0 Å². The van der Waals surface area contributed by atoms with E-state index < -0.39 is 0 Å². The highest BCUT2D eigenvalue weighted by Gasteiger charge is 2.18. The molecule has 7 heteroatoms. The van der Waals surface area contributed by atoms with Crippen molar-refractivity contribution in [2.75, 3.05) is 30.3 Å². The molecule has 3 N–H and O–H groups in total. The third-order valence-electron chi connectivity index (χ3n) is 6.16. The van der Waals surface area contributed by atoms with Crippen molar-refractivity contribution in [1.29, 1.82) is 5.26 Å². The molecule has 1 aliphatic rings. The molecule has 0 atom stereocenters. The zero-order chi connectivity index (χ0) is 22.3. The van der Waals surface area contributed by atoms with Crippen LogP contribution in [0, 0.1) is 11.3 Å². The minimum absolute atomic E-state index is 0.289. The molecule has 1 aromatic carbocycles. The number of rotatable bonds is 10. The summed E-state index contributed by atoms with van der Waals surface area (Å²) < 4.78 is 5.67. The van der Waals surface area contributed by atoms with Gasteiger partial charge in [-0.1, -0.05) is 38.0 Å². The molecule has 0 saturated carbocycles. The number of aryl methyl sites for hydroxylation is 2. The quantitative estimate of drug-likeness (QED) is 0.448. The molecule has 0 spiro atoms. The second-order valence-corrected chi connectivity index (χ2v) is 8.44. The molecule has 0 radical (unpaired) electrons. The number of nitrogens with one attached hydrogen (secondary N) is 1. The zero-order valence-corrected chi connectivity index (χ0v) is 18.9. The Kier molecular flexibility index (Phi) is 7.10. The predicted molar refractivity (Wildman–Crippen MR) is 128 cm³/mol. The number of hydrogen-bond donors (Lipinski definition) is 2. The summed E-state index contributed by atoms with van der Waals surface area (Å²) in [5.74, 6) is 0.327. The van der Waals surface area contributed by atoms with Crippen LogP contribution < -0.4 is 15.4 Å². The van der Waals surface area contributed by atoms with Gasteiger partial charge in [0.15, 0.2) is 5.82 Å². The highest BCUT2D eigenvalue weighted by Crippen LogP contribution is 2.29. The van der Waals surface area contributed by atoms with Crippen molar-refractivity contribution in [2.45, 2.75) is 58.3 Å². The third kappa shape index (κ3) is 4.80. The standard InChI is InChI=1S/C25H32N6O/c1-2-3-16-32-25-29-22-19(20(17-26)28-23(22)24(27)30-25)12-5-4-8-14-31-15-9-11-18-10-6-7-13-21(18)31/h6-7,10,13,28H,2-5,8-9,11-12,14-16H2,1H3,(H2,27,29,30). The molecule has 7 nitrogen and oxygen atoms in total. The Labute approximate surface area is 189 Å². The number of ether oxygens (including phenoxy) is 1. The highest BCUT2D eigenvalue weighted by atomic mass is 16.5. The average Bonchev–Trinajstić information content (AvgIpc) is 3.17. The number of nitrogen functional groups attached to an aromatic ring is 1. The molecular weight excluding hydrogens is 400 g/mol. The van der Waals surface area contributed by atoms with Gasteiger partial charge in [0.05, 0.1) is 6.61 Å². The molecule has 0 aliphatic carbocycles. The van der Waals surface area contributed by atoms with Crippen molar-refractivity contribution in [3.63, 3.8) is 0 Å². The number of benzene rings is 1. The number of hydrogen-bond acceptors (Lipinski definition) is 6. The first kappa shape index (κ1) is 21.9. The molecule has 0 bridgehead atoms. The molecule has 1 aliphatic heterocycles. The Morgan fingerprint density at radius 2 is 2.06 bits per heavy atom. The number of nitrogens with zero attached hydrogens (tertiary/aromatic N) is 4. The summed E-state index contributed by atoms with van der Waals surface area (Å²) in [5, 5.41) is 9.61. The van der Waals surface area contributed by atoms with E-state index in [1.807, 2.05) is 0 Å². The molecule has 0 amide bonds. The van der Waals surface area contributed by atoms with Crippen LogP contribution in [0.25, 0.3) is 11.0 Å². The Morgan fingerprint density at radius 3 is 2.91 bits per heavy atom. The van der Waals surface area contributed by atoms with Crippen LogP contribution in [-0.2, 0) is 12.8 Å². The Bertz CT molecular complexity index is 1100. The number of aromatic amines is 1. The maximum Gasteiger partial charge on any atom is 0.319 e. The van der Waals surface area contributed by atoms with Gasteiger partial charge in [0.25, 0.3) is 0 Å². The first-order valence-corrected chi connectivity index (χ1v) is 11.7. The number of aromatic nitrogens is 3. The molecule has 168 valence electrons. The number of H-pyrrole nitrogens is 1. The van der Waals surface area contributed by atoms with Gasteiger partial charge in [0.1, 0.15) is 22.8 Å². The van der Waals surface area contributed by atoms with Crippen LogP contribution in [0.2, 0.25) is 0 Å². The van der Waals surface area contributed by atoms with Gasteiger partial charge in [-0.15, -0.1) is 0 Å². The summed E-state index contributed by atoms with van der Waals surface area (Å²) in [6.07, 6.45) is 8.37. The summed E-state index contributed by atoms with van der Waals surface area (Å²) in [6.45, 7) is 4.87. The molecule has 3 aromatic rings. The Hall–Kier alpha value is -3.27. The van der Waals surface area contributed by atoms with Crippen molar-refractivity contribution in [2.24, 2.45) is 0 Å². The number of nitrogens with two attached hydrogens (primary N) is 1. The van der Waals surface area contributed by atoms with Gasteiger partial charge < -0.3 is 20.4 Å². The largest absolute Gasteiger partial charge is 0.463 e. The van der Waals surface area contributed by atoms with Crippen molar-refractivity contribution in [1.82, 2.24) is 15.0 Å². The van der Waals surface area contributed by atoms with Crippen molar-refractivity contribution in [3.8, 4) is 12.1 Å². The summed E-state index contributed by atoms with van der Waals surface area (Å²) in [5.41, 5.74) is 11.8. The first-order valence-electron chi connectivity index (χ1n) is 11.7. The molecule has 4 rings (SSSR count). The van der Waals surface area contributed by atoms with E-state index in [4.69, 9.17) is 10.5 Å². The van der Waals surface area contributed by atoms with E-state index in [1.54, 1.807) is 0 Å². The SMILES string of the molecule is CCCCOc1nc(N)c2[nH]c(C#N)c(CCCCCN3CCCc4ccccc43)c2n1. The highest BCUT2D eigenvalue weighted by molar-refractivity contribution is 5.89. The van der Waals surface area contributed by atoms with Crippen LogP contribution in [0.15, 0.2) is 24.3 Å². The topological polar surface area (TPSA) is 104 Å². The van der Waals surface area contributed by atoms with Gasteiger partial charge in [0, 0.05) is 24.3 Å². The second kappa shape index (κ2) is 10.4. The normalized spacial score (nSPS) is 13.2. The zero-order valence-electron chi connectivity index (χ0n) is 18.9. The second-order valence-electron chi connectivity index (χ2n) is 8.44. The molecule has 3 heterocycles. The average molecular weight is 433 g/mol. The van der Waals surface area contributed by atoms with Gasteiger partial charge >= 0.3 is 6.01 Å². The van der Waals surface area contributed by atoms with E-state index in [2.05, 4.69) is 57.1 Å². The van der Waals surface area contributed by atoms with E-state index in [0.717, 1.165) is 57.2 Å². The Balaban J connectivity index is 1.38. The molecule has 0 unspecified atom stereocenters.